The monoisotopic (exact) mass is 331 g/mol. The summed E-state index contributed by atoms with van der Waals surface area (Å²) < 4.78 is 0.856. The second-order valence-electron chi connectivity index (χ2n) is 4.98. The number of halogens is 1. The number of carbonyl (C=O) groups excluding carboxylic acids is 1. The van der Waals surface area contributed by atoms with Crippen LogP contribution in [0.2, 0.25) is 0 Å². The van der Waals surface area contributed by atoms with Crippen molar-refractivity contribution in [1.82, 2.24) is 9.97 Å². The van der Waals surface area contributed by atoms with Crippen molar-refractivity contribution in [3.63, 3.8) is 0 Å². The average molecular weight is 332 g/mol. The van der Waals surface area contributed by atoms with E-state index in [1.165, 1.54) is 11.1 Å². The molecule has 2 aromatic rings. The first-order valence-electron chi connectivity index (χ1n) is 6.32. The van der Waals surface area contributed by atoms with Gasteiger partial charge in [-0.25, -0.2) is 4.98 Å². The lowest BCUT2D eigenvalue weighted by Crippen LogP contribution is -2.04. The first-order chi connectivity index (χ1) is 9.47. The van der Waals surface area contributed by atoms with Crippen molar-refractivity contribution in [2.75, 3.05) is 5.32 Å². The van der Waals surface area contributed by atoms with E-state index in [2.05, 4.69) is 45.1 Å². The molecule has 20 heavy (non-hydrogen) atoms. The van der Waals surface area contributed by atoms with Crippen LogP contribution in [0, 0.1) is 20.8 Å². The van der Waals surface area contributed by atoms with Crippen LogP contribution in [0.4, 0.5) is 5.82 Å². The third-order valence-electron chi connectivity index (χ3n) is 3.76. The molecule has 0 aliphatic carbocycles. The Hall–Kier alpha value is -1.88. The first-order valence-corrected chi connectivity index (χ1v) is 7.11. The Bertz CT molecular complexity index is 759. The number of aromatic nitrogens is 2. The quantitative estimate of drug-likeness (QED) is 0.784. The molecule has 2 N–H and O–H groups in total. The van der Waals surface area contributed by atoms with Gasteiger partial charge in [-0.2, -0.15) is 0 Å². The van der Waals surface area contributed by atoms with Gasteiger partial charge in [-0.1, -0.05) is 0 Å². The number of nitrogens with one attached hydrogen (secondary N) is 2. The van der Waals surface area contributed by atoms with Crippen LogP contribution in [0.5, 0.6) is 0 Å². The summed E-state index contributed by atoms with van der Waals surface area (Å²) in [4.78, 5) is 19.6. The molecule has 102 valence electrons. The minimum Gasteiger partial charge on any atom is -0.359 e. The van der Waals surface area contributed by atoms with Crippen molar-refractivity contribution < 1.29 is 4.79 Å². The minimum atomic E-state index is -0.116. The summed E-state index contributed by atoms with van der Waals surface area (Å²) in [6.07, 6.45) is 3.57. The fourth-order valence-electron chi connectivity index (χ4n) is 2.35. The molecule has 0 aromatic carbocycles. The number of anilines is 1. The van der Waals surface area contributed by atoms with Gasteiger partial charge in [-0.05, 0) is 60.0 Å². The van der Waals surface area contributed by atoms with E-state index < -0.39 is 0 Å². The maximum absolute atomic E-state index is 12.1. The SMILES string of the molecule is Cc1[nH]c(/C=C2\C(=O)Nc3ncc(Br)cc32)c(C)c1C. The fraction of sp³-hybridized carbons (Fsp3) is 0.200. The average Bonchev–Trinajstić information content (AvgIpc) is 2.83. The molecule has 0 unspecified atom stereocenters. The molecule has 0 radical (unpaired) electrons. The highest BCUT2D eigenvalue weighted by atomic mass is 79.9. The Morgan fingerprint density at radius 3 is 2.65 bits per heavy atom. The van der Waals surface area contributed by atoms with E-state index in [0.717, 1.165) is 21.4 Å². The zero-order chi connectivity index (χ0) is 14.4. The van der Waals surface area contributed by atoms with Crippen molar-refractivity contribution in [2.45, 2.75) is 20.8 Å². The molecule has 3 heterocycles. The smallest absolute Gasteiger partial charge is 0.257 e. The van der Waals surface area contributed by atoms with Crippen LogP contribution in [0.3, 0.4) is 0 Å². The van der Waals surface area contributed by atoms with Crippen LogP contribution in [0.1, 0.15) is 28.1 Å². The number of hydrogen-bond donors (Lipinski definition) is 2. The van der Waals surface area contributed by atoms with Gasteiger partial charge in [-0.3, -0.25) is 4.79 Å². The second-order valence-corrected chi connectivity index (χ2v) is 5.89. The number of rotatable bonds is 1. The molecule has 0 atom stereocenters. The summed E-state index contributed by atoms with van der Waals surface area (Å²) >= 11 is 3.39. The highest BCUT2D eigenvalue weighted by molar-refractivity contribution is 9.10. The molecule has 1 aliphatic rings. The van der Waals surface area contributed by atoms with E-state index >= 15 is 0 Å². The van der Waals surface area contributed by atoms with Crippen LogP contribution >= 0.6 is 15.9 Å². The van der Waals surface area contributed by atoms with E-state index in [1.54, 1.807) is 6.20 Å². The topological polar surface area (TPSA) is 57.8 Å². The van der Waals surface area contributed by atoms with Crippen LogP contribution in [-0.4, -0.2) is 15.9 Å². The van der Waals surface area contributed by atoms with Crippen LogP contribution in [0.25, 0.3) is 11.6 Å². The summed E-state index contributed by atoms with van der Waals surface area (Å²) in [7, 11) is 0. The summed E-state index contributed by atoms with van der Waals surface area (Å²) in [5.41, 5.74) is 5.95. The summed E-state index contributed by atoms with van der Waals surface area (Å²) in [5, 5.41) is 2.78. The Morgan fingerprint density at radius 1 is 1.25 bits per heavy atom. The Balaban J connectivity index is 2.15. The van der Waals surface area contributed by atoms with Gasteiger partial charge in [0, 0.05) is 27.6 Å². The predicted molar refractivity (Wildman–Crippen MR) is 83.4 cm³/mol. The fourth-order valence-corrected chi connectivity index (χ4v) is 2.68. The molecular weight excluding hydrogens is 318 g/mol. The lowest BCUT2D eigenvalue weighted by molar-refractivity contribution is -0.110. The Morgan fingerprint density at radius 2 is 2.00 bits per heavy atom. The minimum absolute atomic E-state index is 0.116. The van der Waals surface area contributed by atoms with E-state index in [0.29, 0.717) is 11.4 Å². The van der Waals surface area contributed by atoms with Gasteiger partial charge in [0.15, 0.2) is 0 Å². The van der Waals surface area contributed by atoms with Crippen molar-refractivity contribution in [2.24, 2.45) is 0 Å². The Kier molecular flexibility index (Phi) is 3.01. The molecule has 3 rings (SSSR count). The zero-order valence-corrected chi connectivity index (χ0v) is 13.1. The van der Waals surface area contributed by atoms with Gasteiger partial charge in [-0.15, -0.1) is 0 Å². The molecule has 0 bridgehead atoms. The van der Waals surface area contributed by atoms with Crippen LogP contribution < -0.4 is 5.32 Å². The van der Waals surface area contributed by atoms with Crippen molar-refractivity contribution >= 4 is 39.3 Å². The normalized spacial score (nSPS) is 15.6. The van der Waals surface area contributed by atoms with Gasteiger partial charge < -0.3 is 10.3 Å². The standard InChI is InChI=1S/C15H14BrN3O/c1-7-8(2)13(18-9(7)3)5-12-11-4-10(16)6-17-14(11)19-15(12)20/h4-6,18H,1-3H3,(H,17,19,20)/b12-5-. The van der Waals surface area contributed by atoms with Gasteiger partial charge in [0.2, 0.25) is 0 Å². The lowest BCUT2D eigenvalue weighted by Gasteiger charge is -1.99. The zero-order valence-electron chi connectivity index (χ0n) is 11.5. The molecular formula is C15H14BrN3O. The number of amides is 1. The number of nitrogens with zero attached hydrogens (tertiary/aromatic N) is 1. The highest BCUT2D eigenvalue weighted by Gasteiger charge is 2.26. The molecule has 1 amide bonds. The van der Waals surface area contributed by atoms with Crippen LogP contribution in [0.15, 0.2) is 16.7 Å². The Labute approximate surface area is 125 Å². The molecule has 0 spiro atoms. The maximum Gasteiger partial charge on any atom is 0.257 e. The van der Waals surface area contributed by atoms with Crippen molar-refractivity contribution in [1.29, 1.82) is 0 Å². The van der Waals surface area contributed by atoms with E-state index in [4.69, 9.17) is 0 Å². The molecule has 1 aliphatic heterocycles. The molecule has 2 aromatic heterocycles. The number of carbonyl (C=O) groups is 1. The lowest BCUT2D eigenvalue weighted by atomic mass is 10.1. The largest absolute Gasteiger partial charge is 0.359 e. The number of pyridine rings is 1. The number of hydrogen-bond acceptors (Lipinski definition) is 2. The molecule has 0 saturated carbocycles. The molecule has 0 saturated heterocycles. The molecule has 0 fully saturated rings. The van der Waals surface area contributed by atoms with Gasteiger partial charge in [0.1, 0.15) is 5.82 Å². The van der Waals surface area contributed by atoms with Gasteiger partial charge in [0.25, 0.3) is 5.91 Å². The van der Waals surface area contributed by atoms with Crippen molar-refractivity contribution in [3.8, 4) is 0 Å². The number of aromatic amines is 1. The molecule has 5 heteroatoms. The highest BCUT2D eigenvalue weighted by Crippen LogP contribution is 2.33. The second kappa shape index (κ2) is 4.59. The van der Waals surface area contributed by atoms with Gasteiger partial charge >= 0.3 is 0 Å². The number of H-pyrrole nitrogens is 1. The third kappa shape index (κ3) is 1.98. The van der Waals surface area contributed by atoms with Gasteiger partial charge in [0.05, 0.1) is 5.57 Å². The maximum atomic E-state index is 12.1. The summed E-state index contributed by atoms with van der Waals surface area (Å²) in [6, 6.07) is 1.91. The van der Waals surface area contributed by atoms with Crippen LogP contribution in [-0.2, 0) is 4.79 Å². The number of fused-ring (bicyclic) bond motifs is 1. The van der Waals surface area contributed by atoms with Crippen molar-refractivity contribution in [3.05, 3.63) is 44.8 Å². The predicted octanol–water partition coefficient (Wildman–Crippen LogP) is 3.59. The van der Waals surface area contributed by atoms with E-state index in [-0.39, 0.29) is 5.91 Å². The number of aryl methyl sites for hydroxylation is 1. The summed E-state index contributed by atoms with van der Waals surface area (Å²) in [6.45, 7) is 6.16. The van der Waals surface area contributed by atoms with E-state index in [1.807, 2.05) is 19.1 Å². The first kappa shape index (κ1) is 13.1. The van der Waals surface area contributed by atoms with E-state index in [9.17, 15) is 4.79 Å². The molecule has 4 nitrogen and oxygen atoms in total. The summed E-state index contributed by atoms with van der Waals surface area (Å²) in [5.74, 6) is 0.497. The third-order valence-corrected chi connectivity index (χ3v) is 4.19.